The van der Waals surface area contributed by atoms with Crippen LogP contribution in [-0.4, -0.2) is 25.9 Å². The summed E-state index contributed by atoms with van der Waals surface area (Å²) in [5.41, 5.74) is 1.53. The minimum Gasteiger partial charge on any atom is -0.321 e. The number of fused-ring (bicyclic) bond motifs is 1. The number of nitrogens with one attached hydrogen (secondary N) is 2. The average molecular weight is 415 g/mol. The van der Waals surface area contributed by atoms with Crippen LogP contribution in [0.5, 0.6) is 0 Å². The third-order valence-corrected chi connectivity index (χ3v) is 4.72. The molecule has 2 N–H and O–H groups in total. The van der Waals surface area contributed by atoms with Crippen LogP contribution in [-0.2, 0) is 6.54 Å². The molecule has 156 valence electrons. The first kappa shape index (κ1) is 20.2. The van der Waals surface area contributed by atoms with Crippen LogP contribution in [0.2, 0.25) is 0 Å². The molecule has 0 aliphatic heterocycles. The molecule has 2 heterocycles. The summed E-state index contributed by atoms with van der Waals surface area (Å²) in [4.78, 5) is 37.1. The Bertz CT molecular complexity index is 1370. The van der Waals surface area contributed by atoms with E-state index in [2.05, 4.69) is 20.6 Å². The van der Waals surface area contributed by atoms with Gasteiger partial charge in [-0.15, -0.1) is 0 Å². The lowest BCUT2D eigenvalue weighted by Crippen LogP contribution is -2.29. The predicted octanol–water partition coefficient (Wildman–Crippen LogP) is 3.06. The molecular weight excluding hydrogens is 394 g/mol. The molecule has 0 atom stereocenters. The standard InChI is InChI=1S/C23H21N5O3/c1-14(2)13-28-23(31)18-9-4-3-8-17(18)21(27-28)22(30)24-16-7-5-6-15(12-16)19-10-11-20(29)26-25-19/h3-12,14H,13H2,1-2H3,(H,24,30)(H,26,29). The molecule has 2 aromatic carbocycles. The third kappa shape index (κ3) is 4.28. The second kappa shape index (κ2) is 8.35. The van der Waals surface area contributed by atoms with Gasteiger partial charge in [-0.1, -0.05) is 44.2 Å². The van der Waals surface area contributed by atoms with Crippen LogP contribution in [0.1, 0.15) is 24.3 Å². The number of rotatable bonds is 5. The lowest BCUT2D eigenvalue weighted by Gasteiger charge is -2.13. The van der Waals surface area contributed by atoms with E-state index in [1.54, 1.807) is 48.5 Å². The lowest BCUT2D eigenvalue weighted by atomic mass is 10.1. The van der Waals surface area contributed by atoms with Crippen molar-refractivity contribution in [3.63, 3.8) is 0 Å². The highest BCUT2D eigenvalue weighted by atomic mass is 16.2. The molecule has 31 heavy (non-hydrogen) atoms. The summed E-state index contributed by atoms with van der Waals surface area (Å²) in [6, 6.07) is 17.1. The third-order valence-electron chi connectivity index (χ3n) is 4.72. The molecule has 0 bridgehead atoms. The fourth-order valence-corrected chi connectivity index (χ4v) is 3.32. The van der Waals surface area contributed by atoms with Gasteiger partial charge < -0.3 is 5.32 Å². The fourth-order valence-electron chi connectivity index (χ4n) is 3.32. The smallest absolute Gasteiger partial charge is 0.276 e. The number of aromatic amines is 1. The first-order valence-electron chi connectivity index (χ1n) is 9.90. The maximum Gasteiger partial charge on any atom is 0.276 e. The van der Waals surface area contributed by atoms with Gasteiger partial charge in [-0.3, -0.25) is 14.4 Å². The largest absolute Gasteiger partial charge is 0.321 e. The van der Waals surface area contributed by atoms with Crippen molar-refractivity contribution in [2.45, 2.75) is 20.4 Å². The number of nitrogens with zero attached hydrogens (tertiary/aromatic N) is 3. The van der Waals surface area contributed by atoms with Crippen molar-refractivity contribution >= 4 is 22.4 Å². The van der Waals surface area contributed by atoms with Crippen molar-refractivity contribution in [2.24, 2.45) is 5.92 Å². The van der Waals surface area contributed by atoms with Gasteiger partial charge in [-0.05, 0) is 30.2 Å². The van der Waals surface area contributed by atoms with Crippen molar-refractivity contribution in [1.82, 2.24) is 20.0 Å². The maximum atomic E-state index is 13.1. The first-order valence-corrected chi connectivity index (χ1v) is 9.90. The Morgan fingerprint density at radius 2 is 1.81 bits per heavy atom. The van der Waals surface area contributed by atoms with E-state index < -0.39 is 5.91 Å². The van der Waals surface area contributed by atoms with E-state index in [1.165, 1.54) is 10.7 Å². The summed E-state index contributed by atoms with van der Waals surface area (Å²) in [6.07, 6.45) is 0. The SMILES string of the molecule is CC(C)Cn1nc(C(=O)Nc2cccc(-c3ccc(=O)[nH]n3)c2)c2ccccc2c1=O. The number of H-pyrrole nitrogens is 1. The summed E-state index contributed by atoms with van der Waals surface area (Å²) in [5, 5.41) is 14.6. The van der Waals surface area contributed by atoms with Gasteiger partial charge in [0.2, 0.25) is 0 Å². The van der Waals surface area contributed by atoms with Gasteiger partial charge in [-0.25, -0.2) is 9.78 Å². The van der Waals surface area contributed by atoms with Gasteiger partial charge in [0.15, 0.2) is 5.69 Å². The number of carbonyl (C=O) groups is 1. The second-order valence-electron chi connectivity index (χ2n) is 7.62. The summed E-state index contributed by atoms with van der Waals surface area (Å²) in [6.45, 7) is 4.39. The number of benzene rings is 2. The number of amides is 1. The highest BCUT2D eigenvalue weighted by Gasteiger charge is 2.17. The quantitative estimate of drug-likeness (QED) is 0.521. The highest BCUT2D eigenvalue weighted by molar-refractivity contribution is 6.11. The van der Waals surface area contributed by atoms with Crippen LogP contribution in [0, 0.1) is 5.92 Å². The lowest BCUT2D eigenvalue weighted by molar-refractivity contribution is 0.102. The molecule has 1 amide bonds. The molecule has 8 nitrogen and oxygen atoms in total. The predicted molar refractivity (Wildman–Crippen MR) is 119 cm³/mol. The normalized spacial score (nSPS) is 11.1. The van der Waals surface area contributed by atoms with E-state index in [1.807, 2.05) is 19.9 Å². The van der Waals surface area contributed by atoms with Crippen LogP contribution < -0.4 is 16.4 Å². The summed E-state index contributed by atoms with van der Waals surface area (Å²) in [5.74, 6) is -0.218. The number of hydrogen-bond acceptors (Lipinski definition) is 5. The summed E-state index contributed by atoms with van der Waals surface area (Å²) >= 11 is 0. The Hall–Kier alpha value is -4.07. The molecule has 0 fully saturated rings. The molecule has 2 aromatic heterocycles. The van der Waals surface area contributed by atoms with Crippen molar-refractivity contribution < 1.29 is 4.79 Å². The molecule has 4 rings (SSSR count). The molecule has 8 heteroatoms. The molecular formula is C23H21N5O3. The van der Waals surface area contributed by atoms with E-state index in [4.69, 9.17) is 0 Å². The zero-order valence-electron chi connectivity index (χ0n) is 17.1. The Balaban J connectivity index is 1.71. The van der Waals surface area contributed by atoms with E-state index >= 15 is 0 Å². The van der Waals surface area contributed by atoms with E-state index in [0.29, 0.717) is 28.7 Å². The van der Waals surface area contributed by atoms with Crippen LogP contribution in [0.25, 0.3) is 22.0 Å². The maximum absolute atomic E-state index is 13.1. The van der Waals surface area contributed by atoms with Gasteiger partial charge in [0.05, 0.1) is 11.1 Å². The topological polar surface area (TPSA) is 110 Å². The van der Waals surface area contributed by atoms with Crippen LogP contribution in [0.3, 0.4) is 0 Å². The number of hydrogen-bond donors (Lipinski definition) is 2. The Kier molecular flexibility index (Phi) is 5.44. The monoisotopic (exact) mass is 415 g/mol. The number of carbonyl (C=O) groups excluding carboxylic acids is 1. The van der Waals surface area contributed by atoms with Crippen LogP contribution in [0.15, 0.2) is 70.3 Å². The molecule has 0 aliphatic carbocycles. The van der Waals surface area contributed by atoms with Gasteiger partial charge in [0, 0.05) is 29.2 Å². The Labute approximate surface area is 177 Å². The summed E-state index contributed by atoms with van der Waals surface area (Å²) in [7, 11) is 0. The molecule has 0 aliphatic rings. The van der Waals surface area contributed by atoms with Gasteiger partial charge in [0.1, 0.15) is 0 Å². The van der Waals surface area contributed by atoms with Crippen LogP contribution in [0.4, 0.5) is 5.69 Å². The number of aromatic nitrogens is 4. The van der Waals surface area contributed by atoms with Crippen molar-refractivity contribution in [3.05, 3.63) is 87.1 Å². The highest BCUT2D eigenvalue weighted by Crippen LogP contribution is 2.21. The van der Waals surface area contributed by atoms with E-state index in [0.717, 1.165) is 5.56 Å². The van der Waals surface area contributed by atoms with Crippen molar-refractivity contribution in [3.8, 4) is 11.3 Å². The fraction of sp³-hybridized carbons (Fsp3) is 0.174. The minimum atomic E-state index is -0.416. The molecule has 4 aromatic rings. The zero-order chi connectivity index (χ0) is 22.0. The van der Waals surface area contributed by atoms with Crippen LogP contribution >= 0.6 is 0 Å². The average Bonchev–Trinajstić information content (AvgIpc) is 2.76. The van der Waals surface area contributed by atoms with Gasteiger partial charge in [0.25, 0.3) is 17.0 Å². The van der Waals surface area contributed by atoms with E-state index in [-0.39, 0.29) is 22.7 Å². The number of anilines is 1. The minimum absolute atomic E-state index is 0.184. The zero-order valence-corrected chi connectivity index (χ0v) is 17.1. The van der Waals surface area contributed by atoms with Gasteiger partial charge >= 0.3 is 0 Å². The molecule has 0 unspecified atom stereocenters. The molecule has 0 saturated carbocycles. The Morgan fingerprint density at radius 1 is 1.03 bits per heavy atom. The summed E-state index contributed by atoms with van der Waals surface area (Å²) < 4.78 is 1.35. The molecule has 0 radical (unpaired) electrons. The van der Waals surface area contributed by atoms with E-state index in [9.17, 15) is 14.4 Å². The Morgan fingerprint density at radius 3 is 2.52 bits per heavy atom. The van der Waals surface area contributed by atoms with Crippen molar-refractivity contribution in [2.75, 3.05) is 5.32 Å². The molecule has 0 spiro atoms. The van der Waals surface area contributed by atoms with Crippen molar-refractivity contribution in [1.29, 1.82) is 0 Å². The molecule has 0 saturated heterocycles. The first-order chi connectivity index (χ1) is 14.9. The van der Waals surface area contributed by atoms with Gasteiger partial charge in [-0.2, -0.15) is 10.2 Å². The second-order valence-corrected chi connectivity index (χ2v) is 7.62.